The van der Waals surface area contributed by atoms with Gasteiger partial charge in [-0.2, -0.15) is 0 Å². The Morgan fingerprint density at radius 2 is 1.90 bits per heavy atom. The molecule has 3 heterocycles. The maximum atomic E-state index is 5.84. The molecule has 1 saturated heterocycles. The molecule has 3 N–H and O–H groups in total. The second-order valence-corrected chi connectivity index (χ2v) is 7.91. The minimum absolute atomic E-state index is 0.397. The van der Waals surface area contributed by atoms with Gasteiger partial charge in [0.2, 0.25) is 11.8 Å². The molecule has 0 atom stereocenters. The van der Waals surface area contributed by atoms with Crippen molar-refractivity contribution >= 4 is 34.3 Å². The Morgan fingerprint density at radius 1 is 1.06 bits per heavy atom. The van der Waals surface area contributed by atoms with Crippen molar-refractivity contribution < 1.29 is 9.47 Å². The van der Waals surface area contributed by atoms with E-state index in [0.717, 1.165) is 47.0 Å². The quantitative estimate of drug-likeness (QED) is 0.374. The standard InChI is InChI=1S/C23H22ClN5O2/c24-17-5-8-22(25-11-17)31-12-16-3-1-15(2-4-16)10-26-23-28-20-7-6-18(9-21(20)29-23)27-19-13-30-14-19/h1-9,11,19,27H,10,12-14H2,(H2,26,28,29). The summed E-state index contributed by atoms with van der Waals surface area (Å²) >= 11 is 5.84. The van der Waals surface area contributed by atoms with Gasteiger partial charge in [-0.1, -0.05) is 35.9 Å². The topological polar surface area (TPSA) is 84.1 Å². The molecule has 1 aliphatic heterocycles. The van der Waals surface area contributed by atoms with Gasteiger partial charge in [0.25, 0.3) is 0 Å². The van der Waals surface area contributed by atoms with E-state index in [1.807, 2.05) is 24.3 Å². The van der Waals surface area contributed by atoms with Crippen LogP contribution in [0.2, 0.25) is 5.02 Å². The van der Waals surface area contributed by atoms with Gasteiger partial charge in [0.1, 0.15) is 6.61 Å². The molecule has 0 radical (unpaired) electrons. The van der Waals surface area contributed by atoms with Gasteiger partial charge in [-0.15, -0.1) is 0 Å². The summed E-state index contributed by atoms with van der Waals surface area (Å²) < 4.78 is 10.9. The Labute approximate surface area is 184 Å². The zero-order valence-corrected chi connectivity index (χ0v) is 17.5. The van der Waals surface area contributed by atoms with Gasteiger partial charge in [-0.3, -0.25) is 0 Å². The number of nitrogens with one attached hydrogen (secondary N) is 3. The van der Waals surface area contributed by atoms with Crippen molar-refractivity contribution in [1.82, 2.24) is 15.0 Å². The number of ether oxygens (including phenoxy) is 2. The number of aromatic amines is 1. The van der Waals surface area contributed by atoms with Gasteiger partial charge in [0.15, 0.2) is 0 Å². The molecule has 8 heteroatoms. The van der Waals surface area contributed by atoms with E-state index in [0.29, 0.717) is 30.1 Å². The molecule has 1 fully saturated rings. The molecule has 0 aliphatic carbocycles. The second-order valence-electron chi connectivity index (χ2n) is 7.47. The third kappa shape index (κ3) is 4.90. The molecule has 158 valence electrons. The highest BCUT2D eigenvalue weighted by molar-refractivity contribution is 6.30. The third-order valence-corrected chi connectivity index (χ3v) is 5.28. The minimum Gasteiger partial charge on any atom is -0.473 e. The van der Waals surface area contributed by atoms with Crippen LogP contribution in [0.3, 0.4) is 0 Å². The van der Waals surface area contributed by atoms with Crippen LogP contribution in [0.5, 0.6) is 5.88 Å². The number of rotatable bonds is 8. The van der Waals surface area contributed by atoms with Gasteiger partial charge < -0.3 is 25.1 Å². The van der Waals surface area contributed by atoms with E-state index in [-0.39, 0.29) is 0 Å². The summed E-state index contributed by atoms with van der Waals surface area (Å²) in [5.74, 6) is 1.31. The highest BCUT2D eigenvalue weighted by atomic mass is 35.5. The number of hydrogen-bond acceptors (Lipinski definition) is 6. The third-order valence-electron chi connectivity index (χ3n) is 5.06. The van der Waals surface area contributed by atoms with Gasteiger partial charge in [0.05, 0.1) is 35.3 Å². The van der Waals surface area contributed by atoms with E-state index in [1.54, 1.807) is 18.3 Å². The van der Waals surface area contributed by atoms with Crippen molar-refractivity contribution in [3.8, 4) is 5.88 Å². The fraction of sp³-hybridized carbons (Fsp3) is 0.217. The summed E-state index contributed by atoms with van der Waals surface area (Å²) in [6.45, 7) is 2.65. The van der Waals surface area contributed by atoms with Crippen LogP contribution >= 0.6 is 11.6 Å². The Balaban J connectivity index is 1.15. The summed E-state index contributed by atoms with van der Waals surface area (Å²) in [5.41, 5.74) is 5.22. The highest BCUT2D eigenvalue weighted by Crippen LogP contribution is 2.21. The lowest BCUT2D eigenvalue weighted by Gasteiger charge is -2.27. The van der Waals surface area contributed by atoms with Crippen LogP contribution in [0.4, 0.5) is 11.6 Å². The van der Waals surface area contributed by atoms with Crippen LogP contribution in [0.25, 0.3) is 11.0 Å². The number of pyridine rings is 1. The summed E-state index contributed by atoms with van der Waals surface area (Å²) in [7, 11) is 0. The first kappa shape index (κ1) is 19.7. The first-order valence-corrected chi connectivity index (χ1v) is 10.5. The zero-order valence-electron chi connectivity index (χ0n) is 16.8. The molecule has 0 amide bonds. The molecule has 4 aromatic rings. The van der Waals surface area contributed by atoms with E-state index in [4.69, 9.17) is 21.1 Å². The summed E-state index contributed by atoms with van der Waals surface area (Å²) in [5, 5.41) is 7.40. The average molecular weight is 436 g/mol. The molecule has 2 aromatic heterocycles. The summed E-state index contributed by atoms with van der Waals surface area (Å²) in [6, 6.07) is 18.3. The number of hydrogen-bond donors (Lipinski definition) is 3. The SMILES string of the molecule is Clc1ccc(OCc2ccc(CNc3nc4ccc(NC5COC5)cc4[nH]3)cc2)nc1. The average Bonchev–Trinajstić information content (AvgIpc) is 3.17. The van der Waals surface area contributed by atoms with Gasteiger partial charge in [0, 0.05) is 24.5 Å². The van der Waals surface area contributed by atoms with E-state index in [2.05, 4.69) is 43.8 Å². The number of aromatic nitrogens is 3. The lowest BCUT2D eigenvalue weighted by atomic mass is 10.1. The van der Waals surface area contributed by atoms with Crippen LogP contribution in [0.1, 0.15) is 11.1 Å². The van der Waals surface area contributed by atoms with Crippen LogP contribution in [0, 0.1) is 0 Å². The van der Waals surface area contributed by atoms with Crippen molar-refractivity contribution in [1.29, 1.82) is 0 Å². The largest absolute Gasteiger partial charge is 0.473 e. The predicted molar refractivity (Wildman–Crippen MR) is 122 cm³/mol. The fourth-order valence-corrected chi connectivity index (χ4v) is 3.39. The van der Waals surface area contributed by atoms with Gasteiger partial charge in [-0.25, -0.2) is 9.97 Å². The van der Waals surface area contributed by atoms with E-state index in [1.165, 1.54) is 0 Å². The molecule has 2 aromatic carbocycles. The first-order chi connectivity index (χ1) is 15.2. The normalized spacial score (nSPS) is 13.7. The molecule has 0 unspecified atom stereocenters. The monoisotopic (exact) mass is 435 g/mol. The van der Waals surface area contributed by atoms with Gasteiger partial charge >= 0.3 is 0 Å². The van der Waals surface area contributed by atoms with E-state index < -0.39 is 0 Å². The zero-order chi connectivity index (χ0) is 21.0. The van der Waals surface area contributed by atoms with Gasteiger partial charge in [-0.05, 0) is 35.4 Å². The second kappa shape index (κ2) is 8.83. The maximum Gasteiger partial charge on any atom is 0.213 e. The molecule has 0 saturated carbocycles. The van der Waals surface area contributed by atoms with Crippen molar-refractivity contribution in [2.75, 3.05) is 23.8 Å². The number of nitrogens with zero attached hydrogens (tertiary/aromatic N) is 2. The van der Waals surface area contributed by atoms with Crippen LogP contribution in [-0.4, -0.2) is 34.2 Å². The molecule has 0 spiro atoms. The Kier molecular flexibility index (Phi) is 5.60. The summed E-state index contributed by atoms with van der Waals surface area (Å²) in [6.07, 6.45) is 1.57. The lowest BCUT2D eigenvalue weighted by molar-refractivity contribution is 0.0211. The molecular weight excluding hydrogens is 414 g/mol. The fourth-order valence-electron chi connectivity index (χ4n) is 3.28. The molecule has 31 heavy (non-hydrogen) atoms. The minimum atomic E-state index is 0.397. The van der Waals surface area contributed by atoms with Crippen LogP contribution in [-0.2, 0) is 17.9 Å². The number of imidazole rings is 1. The van der Waals surface area contributed by atoms with Crippen molar-refractivity contribution in [3.63, 3.8) is 0 Å². The molecule has 0 bridgehead atoms. The van der Waals surface area contributed by atoms with Crippen molar-refractivity contribution in [2.45, 2.75) is 19.2 Å². The Morgan fingerprint density at radius 3 is 2.65 bits per heavy atom. The Bertz CT molecular complexity index is 1160. The predicted octanol–water partition coefficient (Wildman–Crippen LogP) is 4.61. The number of fused-ring (bicyclic) bond motifs is 1. The molecule has 5 rings (SSSR count). The lowest BCUT2D eigenvalue weighted by Crippen LogP contribution is -2.40. The number of benzene rings is 2. The van der Waals surface area contributed by atoms with Crippen LogP contribution in [0.15, 0.2) is 60.8 Å². The van der Waals surface area contributed by atoms with Crippen molar-refractivity contribution in [3.05, 3.63) is 76.9 Å². The van der Waals surface area contributed by atoms with Crippen molar-refractivity contribution in [2.24, 2.45) is 0 Å². The highest BCUT2D eigenvalue weighted by Gasteiger charge is 2.17. The number of H-pyrrole nitrogens is 1. The number of halogens is 1. The number of anilines is 2. The van der Waals surface area contributed by atoms with E-state index in [9.17, 15) is 0 Å². The maximum absolute atomic E-state index is 5.84. The van der Waals surface area contributed by atoms with Crippen LogP contribution < -0.4 is 15.4 Å². The molecule has 7 nitrogen and oxygen atoms in total. The molecule has 1 aliphatic rings. The first-order valence-electron chi connectivity index (χ1n) is 10.1. The Hall–Kier alpha value is -3.29. The smallest absolute Gasteiger partial charge is 0.213 e. The van der Waals surface area contributed by atoms with E-state index >= 15 is 0 Å². The molecular formula is C23H22ClN5O2. The summed E-state index contributed by atoms with van der Waals surface area (Å²) in [4.78, 5) is 12.1.